The van der Waals surface area contributed by atoms with E-state index in [0.717, 1.165) is 17.9 Å². The maximum atomic E-state index is 5.95. The van der Waals surface area contributed by atoms with E-state index in [1.807, 2.05) is 19.1 Å². The lowest BCUT2D eigenvalue weighted by atomic mass is 10.1. The van der Waals surface area contributed by atoms with Crippen LogP contribution in [-0.2, 0) is 0 Å². The highest BCUT2D eigenvalue weighted by Gasteiger charge is 2.19. The number of nitrogen functional groups attached to an aromatic ring is 1. The third-order valence-electron chi connectivity index (χ3n) is 2.46. The van der Waals surface area contributed by atoms with E-state index in [1.165, 1.54) is 6.20 Å². The molecular weight excluding hydrogens is 238 g/mol. The van der Waals surface area contributed by atoms with Gasteiger partial charge in [-0.1, -0.05) is 18.5 Å². The van der Waals surface area contributed by atoms with Gasteiger partial charge in [-0.25, -0.2) is 4.98 Å². The summed E-state index contributed by atoms with van der Waals surface area (Å²) >= 11 is 5.95. The normalized spacial score (nSPS) is 12.6. The second-order valence-electron chi connectivity index (χ2n) is 3.63. The predicted octanol–water partition coefficient (Wildman–Crippen LogP) is 2.61. The summed E-state index contributed by atoms with van der Waals surface area (Å²) in [6.45, 7) is 2.81. The van der Waals surface area contributed by atoms with Gasteiger partial charge in [0.15, 0.2) is 0 Å². The van der Waals surface area contributed by atoms with Gasteiger partial charge < -0.3 is 15.5 Å². The topological polar surface area (TPSA) is 64.1 Å². The molecule has 0 bridgehead atoms. The fraction of sp³-hybridized carbons (Fsp3) is 0.250. The summed E-state index contributed by atoms with van der Waals surface area (Å²) in [4.78, 5) is 4.06. The van der Waals surface area contributed by atoms with E-state index in [2.05, 4.69) is 10.3 Å². The highest BCUT2D eigenvalue weighted by atomic mass is 35.5. The Morgan fingerprint density at radius 3 is 3.06 bits per heavy atom. The Balaban J connectivity index is 2.42. The first-order valence-electron chi connectivity index (χ1n) is 5.40. The number of furan rings is 1. The molecule has 1 atom stereocenters. The average molecular weight is 252 g/mol. The molecule has 0 aliphatic carbocycles. The van der Waals surface area contributed by atoms with E-state index >= 15 is 0 Å². The number of aromatic nitrogens is 1. The van der Waals surface area contributed by atoms with E-state index in [9.17, 15) is 0 Å². The first-order valence-corrected chi connectivity index (χ1v) is 5.78. The smallest absolute Gasteiger partial charge is 0.128 e. The fourth-order valence-corrected chi connectivity index (χ4v) is 1.89. The Morgan fingerprint density at radius 1 is 1.59 bits per heavy atom. The summed E-state index contributed by atoms with van der Waals surface area (Å²) in [5.41, 5.74) is 6.70. The SMILES string of the molecule is CCNC(c1ccco1)c1cc(Cl)cnc1N. The van der Waals surface area contributed by atoms with Gasteiger partial charge in [-0.3, -0.25) is 0 Å². The number of pyridine rings is 1. The second kappa shape index (κ2) is 5.21. The van der Waals surface area contributed by atoms with E-state index in [4.69, 9.17) is 21.8 Å². The predicted molar refractivity (Wildman–Crippen MR) is 67.9 cm³/mol. The number of nitrogens with two attached hydrogens (primary N) is 1. The minimum Gasteiger partial charge on any atom is -0.467 e. The van der Waals surface area contributed by atoms with Gasteiger partial charge in [0.05, 0.1) is 17.3 Å². The van der Waals surface area contributed by atoms with Crippen LogP contribution < -0.4 is 11.1 Å². The molecule has 0 aliphatic rings. The summed E-state index contributed by atoms with van der Waals surface area (Å²) in [6.07, 6.45) is 3.17. The Labute approximate surface area is 105 Å². The van der Waals surface area contributed by atoms with Gasteiger partial charge in [-0.15, -0.1) is 0 Å². The molecule has 0 radical (unpaired) electrons. The van der Waals surface area contributed by atoms with E-state index in [-0.39, 0.29) is 6.04 Å². The summed E-state index contributed by atoms with van der Waals surface area (Å²) in [5.74, 6) is 1.25. The van der Waals surface area contributed by atoms with Crippen molar-refractivity contribution in [3.05, 3.63) is 47.0 Å². The molecule has 3 N–H and O–H groups in total. The standard InChI is InChI=1S/C12H14ClN3O/c1-2-15-11(10-4-3-5-17-10)9-6-8(13)7-16-12(9)14/h3-7,11,15H,2H2,1H3,(H2,14,16). The van der Waals surface area contributed by atoms with Gasteiger partial charge >= 0.3 is 0 Å². The van der Waals surface area contributed by atoms with Gasteiger partial charge in [-0.2, -0.15) is 0 Å². The van der Waals surface area contributed by atoms with Crippen LogP contribution in [0.15, 0.2) is 35.1 Å². The van der Waals surface area contributed by atoms with Crippen LogP contribution in [0.25, 0.3) is 0 Å². The number of hydrogen-bond donors (Lipinski definition) is 2. The number of nitrogens with one attached hydrogen (secondary N) is 1. The lowest BCUT2D eigenvalue weighted by Gasteiger charge is -2.17. The minimum atomic E-state index is -0.124. The largest absolute Gasteiger partial charge is 0.467 e. The molecule has 2 aromatic heterocycles. The molecule has 0 aliphatic heterocycles. The number of nitrogens with zero attached hydrogens (tertiary/aromatic N) is 1. The highest BCUT2D eigenvalue weighted by Crippen LogP contribution is 2.27. The lowest BCUT2D eigenvalue weighted by molar-refractivity contribution is 0.452. The van der Waals surface area contributed by atoms with Crippen molar-refractivity contribution < 1.29 is 4.42 Å². The molecule has 2 rings (SSSR count). The summed E-state index contributed by atoms with van der Waals surface area (Å²) in [5, 5.41) is 3.86. The number of hydrogen-bond acceptors (Lipinski definition) is 4. The van der Waals surface area contributed by atoms with E-state index < -0.39 is 0 Å². The molecule has 0 saturated heterocycles. The van der Waals surface area contributed by atoms with Crippen LogP contribution in [0.5, 0.6) is 0 Å². The second-order valence-corrected chi connectivity index (χ2v) is 4.07. The first-order chi connectivity index (χ1) is 8.22. The highest BCUT2D eigenvalue weighted by molar-refractivity contribution is 6.30. The molecule has 0 amide bonds. The van der Waals surface area contributed by atoms with Gasteiger partial charge in [0.25, 0.3) is 0 Å². The Bertz CT molecular complexity index is 485. The van der Waals surface area contributed by atoms with Crippen LogP contribution >= 0.6 is 11.6 Å². The van der Waals surface area contributed by atoms with Crippen molar-refractivity contribution in [2.24, 2.45) is 0 Å². The van der Waals surface area contributed by atoms with E-state index in [0.29, 0.717) is 10.8 Å². The third-order valence-corrected chi connectivity index (χ3v) is 2.67. The van der Waals surface area contributed by atoms with Crippen molar-refractivity contribution in [3.63, 3.8) is 0 Å². The zero-order chi connectivity index (χ0) is 12.3. The van der Waals surface area contributed by atoms with Crippen molar-refractivity contribution in [1.29, 1.82) is 0 Å². The number of halogens is 1. The Morgan fingerprint density at radius 2 is 2.41 bits per heavy atom. The number of rotatable bonds is 4. The van der Waals surface area contributed by atoms with Crippen molar-refractivity contribution in [1.82, 2.24) is 10.3 Å². The van der Waals surface area contributed by atoms with Crippen LogP contribution in [0, 0.1) is 0 Å². The van der Waals surface area contributed by atoms with Crippen LogP contribution in [0.2, 0.25) is 5.02 Å². The summed E-state index contributed by atoms with van der Waals surface area (Å²) in [6, 6.07) is 5.42. The fourth-order valence-electron chi connectivity index (χ4n) is 1.72. The molecule has 0 spiro atoms. The molecule has 0 saturated carbocycles. The maximum Gasteiger partial charge on any atom is 0.128 e. The number of anilines is 1. The maximum absolute atomic E-state index is 5.95. The van der Waals surface area contributed by atoms with E-state index in [1.54, 1.807) is 12.3 Å². The van der Waals surface area contributed by atoms with Crippen molar-refractivity contribution in [2.75, 3.05) is 12.3 Å². The summed E-state index contributed by atoms with van der Waals surface area (Å²) in [7, 11) is 0. The molecule has 2 aromatic rings. The molecule has 0 aromatic carbocycles. The van der Waals surface area contributed by atoms with Crippen molar-refractivity contribution >= 4 is 17.4 Å². The van der Waals surface area contributed by atoms with Gasteiger partial charge in [-0.05, 0) is 24.7 Å². The molecular formula is C12H14ClN3O. The molecule has 2 heterocycles. The van der Waals surface area contributed by atoms with Gasteiger partial charge in [0.2, 0.25) is 0 Å². The molecule has 17 heavy (non-hydrogen) atoms. The Kier molecular flexibility index (Phi) is 3.66. The molecule has 4 nitrogen and oxygen atoms in total. The minimum absolute atomic E-state index is 0.124. The molecule has 5 heteroatoms. The molecule has 1 unspecified atom stereocenters. The zero-order valence-electron chi connectivity index (χ0n) is 9.48. The van der Waals surface area contributed by atoms with Gasteiger partial charge in [0.1, 0.15) is 11.6 Å². The monoisotopic (exact) mass is 251 g/mol. The van der Waals surface area contributed by atoms with Crippen LogP contribution in [-0.4, -0.2) is 11.5 Å². The Hall–Kier alpha value is -1.52. The molecule has 0 fully saturated rings. The van der Waals surface area contributed by atoms with Crippen LogP contribution in [0.3, 0.4) is 0 Å². The summed E-state index contributed by atoms with van der Waals surface area (Å²) < 4.78 is 5.41. The van der Waals surface area contributed by atoms with Crippen LogP contribution in [0.1, 0.15) is 24.3 Å². The van der Waals surface area contributed by atoms with Crippen molar-refractivity contribution in [3.8, 4) is 0 Å². The zero-order valence-corrected chi connectivity index (χ0v) is 10.2. The quantitative estimate of drug-likeness (QED) is 0.877. The third kappa shape index (κ3) is 2.60. The average Bonchev–Trinajstić information content (AvgIpc) is 2.83. The lowest BCUT2D eigenvalue weighted by Crippen LogP contribution is -2.22. The van der Waals surface area contributed by atoms with Crippen molar-refractivity contribution in [2.45, 2.75) is 13.0 Å². The van der Waals surface area contributed by atoms with Crippen LogP contribution in [0.4, 0.5) is 5.82 Å². The molecule has 90 valence electrons. The first kappa shape index (κ1) is 12.0. The van der Waals surface area contributed by atoms with Gasteiger partial charge in [0, 0.05) is 11.8 Å².